The number of nitrogens with zero attached hydrogens (tertiary/aromatic N) is 2. The molecule has 0 amide bonds. The van der Waals surface area contributed by atoms with Gasteiger partial charge in [-0.2, -0.15) is 0 Å². The molecule has 5 heteroatoms. The number of rotatable bonds is 1. The molecule has 66 valence electrons. The Balaban J connectivity index is 3.31. The molecule has 4 nitrogen and oxygen atoms in total. The topological polar surface area (TPSA) is 68.3 Å². The van der Waals surface area contributed by atoms with E-state index in [2.05, 4.69) is 9.35 Å². The fourth-order valence-corrected chi connectivity index (χ4v) is 1.52. The molecule has 0 spiro atoms. The molecule has 0 unspecified atom stereocenters. The van der Waals surface area contributed by atoms with E-state index >= 15 is 0 Å². The van der Waals surface area contributed by atoms with Crippen LogP contribution in [0, 0.1) is 0 Å². The summed E-state index contributed by atoms with van der Waals surface area (Å²) in [6.45, 7) is 0. The molecule has 0 aliphatic carbocycles. The van der Waals surface area contributed by atoms with Crippen LogP contribution in [0.25, 0.3) is 0 Å². The first-order valence-corrected chi connectivity index (χ1v) is 5.30. The van der Waals surface area contributed by atoms with Crippen molar-refractivity contribution in [3.63, 3.8) is 0 Å². The van der Waals surface area contributed by atoms with Gasteiger partial charge in [-0.05, 0) is 12.1 Å². The molecule has 0 aromatic carbocycles. The van der Waals surface area contributed by atoms with Crippen LogP contribution >= 0.6 is 0 Å². The number of aromatic nitrogens is 1. The molecular weight excluding hydrogens is 174 g/mol. The minimum atomic E-state index is -2.34. The lowest BCUT2D eigenvalue weighted by molar-refractivity contribution is 0.677. The van der Waals surface area contributed by atoms with Gasteiger partial charge in [0.15, 0.2) is 0 Å². The van der Waals surface area contributed by atoms with Gasteiger partial charge in [-0.1, -0.05) is 0 Å². The summed E-state index contributed by atoms with van der Waals surface area (Å²) < 4.78 is 15.4. The third-order valence-electron chi connectivity index (χ3n) is 1.50. The minimum absolute atomic E-state index is 0.435. The summed E-state index contributed by atoms with van der Waals surface area (Å²) in [6.07, 6.45) is 3.06. The zero-order chi connectivity index (χ0) is 9.19. The maximum atomic E-state index is 11.6. The number of nitrogen functional groups attached to an aromatic ring is 1. The van der Waals surface area contributed by atoms with Crippen LogP contribution in [0.4, 0.5) is 5.69 Å². The quantitative estimate of drug-likeness (QED) is 0.702. The van der Waals surface area contributed by atoms with Crippen molar-refractivity contribution in [3.05, 3.63) is 18.3 Å². The largest absolute Gasteiger partial charge is 0.399 e. The van der Waals surface area contributed by atoms with Crippen molar-refractivity contribution >= 4 is 15.4 Å². The normalized spacial score (nSPS) is 15.2. The third-order valence-corrected chi connectivity index (χ3v) is 3.19. The van der Waals surface area contributed by atoms with Crippen LogP contribution in [0.15, 0.2) is 27.7 Å². The van der Waals surface area contributed by atoms with Gasteiger partial charge in [0.25, 0.3) is 0 Å². The smallest absolute Gasteiger partial charge is 0.137 e. The van der Waals surface area contributed by atoms with Gasteiger partial charge in [0.05, 0.1) is 9.73 Å². The number of hydrogen-bond acceptors (Lipinski definition) is 4. The first-order valence-electron chi connectivity index (χ1n) is 3.38. The van der Waals surface area contributed by atoms with Gasteiger partial charge in [-0.15, -0.1) is 0 Å². The van der Waals surface area contributed by atoms with Crippen LogP contribution in [-0.2, 0) is 9.73 Å². The molecule has 0 saturated carbocycles. The Hall–Kier alpha value is -1.10. The summed E-state index contributed by atoms with van der Waals surface area (Å²) in [5.41, 5.74) is 6.06. The molecule has 0 saturated heterocycles. The van der Waals surface area contributed by atoms with Gasteiger partial charge in [0, 0.05) is 25.2 Å². The summed E-state index contributed by atoms with van der Waals surface area (Å²) in [7, 11) is -0.830. The maximum absolute atomic E-state index is 11.6. The third kappa shape index (κ3) is 1.73. The minimum Gasteiger partial charge on any atom is -0.399 e. The fourth-order valence-electron chi connectivity index (χ4n) is 0.725. The first-order chi connectivity index (χ1) is 5.56. The molecule has 12 heavy (non-hydrogen) atoms. The van der Waals surface area contributed by atoms with Crippen molar-refractivity contribution in [3.8, 4) is 0 Å². The lowest BCUT2D eigenvalue weighted by Crippen LogP contribution is -2.01. The number of hydrogen-bond donors (Lipinski definition) is 1. The van der Waals surface area contributed by atoms with Gasteiger partial charge in [-0.25, -0.2) is 13.6 Å². The molecule has 0 bridgehead atoms. The highest BCUT2D eigenvalue weighted by molar-refractivity contribution is 7.92. The average Bonchev–Trinajstić information content (AvgIpc) is 2.05. The van der Waals surface area contributed by atoms with Crippen molar-refractivity contribution < 1.29 is 4.21 Å². The Labute approximate surface area is 72.0 Å². The van der Waals surface area contributed by atoms with Gasteiger partial charge >= 0.3 is 0 Å². The summed E-state index contributed by atoms with van der Waals surface area (Å²) in [5, 5.41) is 0.435. The van der Waals surface area contributed by atoms with Crippen molar-refractivity contribution in [1.82, 2.24) is 4.98 Å². The molecule has 1 aromatic heterocycles. The highest BCUT2D eigenvalue weighted by Gasteiger charge is 2.05. The van der Waals surface area contributed by atoms with E-state index in [0.29, 0.717) is 10.7 Å². The number of anilines is 1. The molecule has 1 aromatic rings. The standard InChI is InChI=1S/C7H11N3OS/c1-9-12(2,11)7-5-6(8)3-4-10-7/h3-5H,1-2H3,(H2,8,10)/t12-/m1/s1. The number of nitrogens with two attached hydrogens (primary N) is 1. The van der Waals surface area contributed by atoms with Crippen molar-refractivity contribution in [2.75, 3.05) is 19.0 Å². The fraction of sp³-hybridized carbons (Fsp3) is 0.286. The highest BCUT2D eigenvalue weighted by atomic mass is 32.2. The predicted molar refractivity (Wildman–Crippen MR) is 49.3 cm³/mol. The maximum Gasteiger partial charge on any atom is 0.137 e. The molecule has 2 N–H and O–H groups in total. The Kier molecular flexibility index (Phi) is 2.32. The van der Waals surface area contributed by atoms with E-state index in [0.717, 1.165) is 0 Å². The van der Waals surface area contributed by atoms with E-state index in [1.807, 2.05) is 0 Å². The second-order valence-corrected chi connectivity index (χ2v) is 4.80. The van der Waals surface area contributed by atoms with Crippen LogP contribution in [0.5, 0.6) is 0 Å². The molecule has 0 aliphatic rings. The van der Waals surface area contributed by atoms with E-state index in [9.17, 15) is 4.21 Å². The van der Waals surface area contributed by atoms with Crippen LogP contribution in [-0.4, -0.2) is 22.5 Å². The van der Waals surface area contributed by atoms with Crippen molar-refractivity contribution in [2.24, 2.45) is 4.36 Å². The Morgan fingerprint density at radius 2 is 2.33 bits per heavy atom. The van der Waals surface area contributed by atoms with E-state index in [-0.39, 0.29) is 0 Å². The van der Waals surface area contributed by atoms with Crippen LogP contribution < -0.4 is 5.73 Å². The second kappa shape index (κ2) is 3.10. The summed E-state index contributed by atoms with van der Waals surface area (Å²) in [6, 6.07) is 3.23. The molecule has 1 rings (SSSR count). The monoisotopic (exact) mass is 185 g/mol. The first kappa shape index (κ1) is 8.99. The van der Waals surface area contributed by atoms with Gasteiger partial charge < -0.3 is 5.73 Å². The van der Waals surface area contributed by atoms with E-state index in [4.69, 9.17) is 5.73 Å². The van der Waals surface area contributed by atoms with Crippen molar-refractivity contribution in [2.45, 2.75) is 5.03 Å². The molecule has 1 atom stereocenters. The predicted octanol–water partition coefficient (Wildman–Crippen LogP) is 0.750. The van der Waals surface area contributed by atoms with Crippen LogP contribution in [0.1, 0.15) is 0 Å². The zero-order valence-corrected chi connectivity index (χ0v) is 7.84. The summed E-state index contributed by atoms with van der Waals surface area (Å²) >= 11 is 0. The summed E-state index contributed by atoms with van der Waals surface area (Å²) in [5.74, 6) is 0. The zero-order valence-electron chi connectivity index (χ0n) is 7.02. The van der Waals surface area contributed by atoms with Gasteiger partial charge in [0.2, 0.25) is 0 Å². The van der Waals surface area contributed by atoms with E-state index < -0.39 is 9.73 Å². The van der Waals surface area contributed by atoms with E-state index in [1.165, 1.54) is 19.5 Å². The Morgan fingerprint density at radius 1 is 1.67 bits per heavy atom. The van der Waals surface area contributed by atoms with E-state index in [1.54, 1.807) is 12.1 Å². The highest BCUT2D eigenvalue weighted by Crippen LogP contribution is 2.10. The molecule has 0 aliphatic heterocycles. The summed E-state index contributed by atoms with van der Waals surface area (Å²) in [4.78, 5) is 3.93. The van der Waals surface area contributed by atoms with Gasteiger partial charge in [-0.3, -0.25) is 0 Å². The lowest BCUT2D eigenvalue weighted by atomic mass is 10.4. The SMILES string of the molecule is CN=[S@](C)(=O)c1cc(N)ccn1. The Morgan fingerprint density at radius 3 is 2.83 bits per heavy atom. The van der Waals surface area contributed by atoms with Crippen LogP contribution in [0.3, 0.4) is 0 Å². The number of pyridine rings is 1. The molecular formula is C7H11N3OS. The lowest BCUT2D eigenvalue weighted by Gasteiger charge is -2.01. The molecule has 0 radical (unpaired) electrons. The Bertz CT molecular complexity index is 393. The van der Waals surface area contributed by atoms with Crippen molar-refractivity contribution in [1.29, 1.82) is 0 Å². The molecule has 0 fully saturated rings. The molecule has 1 heterocycles. The van der Waals surface area contributed by atoms with Crippen LogP contribution in [0.2, 0.25) is 0 Å². The second-order valence-electron chi connectivity index (χ2n) is 2.41. The average molecular weight is 185 g/mol. The van der Waals surface area contributed by atoms with Gasteiger partial charge in [0.1, 0.15) is 5.03 Å².